The van der Waals surface area contributed by atoms with Gasteiger partial charge < -0.3 is 13.3 Å². The fourth-order valence-electron chi connectivity index (χ4n) is 2.36. The molecule has 4 heteroatoms. The summed E-state index contributed by atoms with van der Waals surface area (Å²) in [5.41, 5.74) is 0. The molecule has 0 saturated heterocycles. The Morgan fingerprint density at radius 1 is 1.00 bits per heavy atom. The number of hydrogen-bond donors (Lipinski definition) is 0. The molecule has 0 atom stereocenters. The molecule has 0 N–H and O–H groups in total. The van der Waals surface area contributed by atoms with E-state index >= 15 is 0 Å². The van der Waals surface area contributed by atoms with Crippen LogP contribution in [0.15, 0.2) is 0 Å². The Bertz CT molecular complexity index is 192. The van der Waals surface area contributed by atoms with Crippen LogP contribution >= 0.6 is 0 Å². The second-order valence-corrected chi connectivity index (χ2v) is 8.28. The van der Waals surface area contributed by atoms with Crippen LogP contribution in [-0.4, -0.2) is 29.6 Å². The first kappa shape index (κ1) is 16.1. The van der Waals surface area contributed by atoms with Gasteiger partial charge in [0, 0.05) is 25.9 Å². The van der Waals surface area contributed by atoms with Gasteiger partial charge in [-0.2, -0.15) is 0 Å². The van der Waals surface area contributed by atoms with Crippen LogP contribution < -0.4 is 0 Å². The third kappa shape index (κ3) is 2.50. The smallest absolute Gasteiger partial charge is 0.376 e. The fourth-order valence-corrected chi connectivity index (χ4v) is 5.75. The van der Waals surface area contributed by atoms with E-state index in [0.29, 0.717) is 18.4 Å². The van der Waals surface area contributed by atoms with Crippen LogP contribution in [0.5, 0.6) is 0 Å². The Balaban J connectivity index is 5.41. The van der Waals surface area contributed by atoms with E-state index in [4.69, 9.17) is 13.3 Å². The molecule has 0 aromatic heterocycles. The van der Waals surface area contributed by atoms with Gasteiger partial charge in [0.05, 0.1) is 0 Å². The summed E-state index contributed by atoms with van der Waals surface area (Å²) in [4.78, 5) is 0. The van der Waals surface area contributed by atoms with Gasteiger partial charge >= 0.3 is 8.80 Å². The molecule has 0 rings (SSSR count). The van der Waals surface area contributed by atoms with E-state index < -0.39 is 8.80 Å². The van der Waals surface area contributed by atoms with Gasteiger partial charge in [-0.25, -0.2) is 0 Å². The van der Waals surface area contributed by atoms with E-state index in [2.05, 4.69) is 34.6 Å². The highest BCUT2D eigenvalue weighted by Gasteiger charge is 2.60. The van der Waals surface area contributed by atoms with Crippen molar-refractivity contribution in [3.63, 3.8) is 0 Å². The van der Waals surface area contributed by atoms with Gasteiger partial charge in [0.15, 0.2) is 0 Å². The summed E-state index contributed by atoms with van der Waals surface area (Å²) in [5.74, 6) is 0.899. The number of hydrogen-bond acceptors (Lipinski definition) is 3. The zero-order chi connectivity index (χ0) is 13.0. The summed E-state index contributed by atoms with van der Waals surface area (Å²) in [5, 5.41) is -0.0630. The molecular formula is C12H28O3Si. The highest BCUT2D eigenvalue weighted by Crippen LogP contribution is 2.51. The van der Waals surface area contributed by atoms with Gasteiger partial charge in [0.2, 0.25) is 0 Å². The summed E-state index contributed by atoms with van der Waals surface area (Å²) >= 11 is 0. The van der Waals surface area contributed by atoms with Crippen molar-refractivity contribution in [1.82, 2.24) is 0 Å². The highest BCUT2D eigenvalue weighted by atomic mass is 28.4. The monoisotopic (exact) mass is 248 g/mol. The lowest BCUT2D eigenvalue weighted by Gasteiger charge is -2.47. The van der Waals surface area contributed by atoms with Gasteiger partial charge in [-0.3, -0.25) is 0 Å². The molecule has 0 aromatic rings. The molecule has 98 valence electrons. The second-order valence-electron chi connectivity index (χ2n) is 4.99. The Morgan fingerprint density at radius 2 is 1.38 bits per heavy atom. The second kappa shape index (κ2) is 6.14. The van der Waals surface area contributed by atoms with Crippen LogP contribution in [0.3, 0.4) is 0 Å². The Kier molecular flexibility index (Phi) is 6.18. The minimum absolute atomic E-state index is 0.0630. The summed E-state index contributed by atoms with van der Waals surface area (Å²) in [6, 6.07) is 0. The maximum absolute atomic E-state index is 5.91. The maximum Gasteiger partial charge on any atom is 0.507 e. The SMILES string of the molecule is CCO[Si](OC)(OC)C(C)(C(C)C)C(C)C. The minimum atomic E-state index is -2.62. The van der Waals surface area contributed by atoms with E-state index in [9.17, 15) is 0 Å². The molecule has 0 aromatic carbocycles. The van der Waals surface area contributed by atoms with Crippen LogP contribution in [0.1, 0.15) is 41.5 Å². The van der Waals surface area contributed by atoms with Crippen molar-refractivity contribution in [2.24, 2.45) is 11.8 Å². The molecule has 0 heterocycles. The van der Waals surface area contributed by atoms with Crippen molar-refractivity contribution in [2.45, 2.75) is 46.6 Å². The van der Waals surface area contributed by atoms with Crippen LogP contribution in [0.4, 0.5) is 0 Å². The van der Waals surface area contributed by atoms with E-state index in [1.54, 1.807) is 14.2 Å². The van der Waals surface area contributed by atoms with E-state index in [-0.39, 0.29) is 5.04 Å². The Labute approximate surface area is 102 Å². The first-order valence-electron chi connectivity index (χ1n) is 6.06. The van der Waals surface area contributed by atoms with Gasteiger partial charge in [-0.1, -0.05) is 34.6 Å². The molecule has 0 fully saturated rings. The van der Waals surface area contributed by atoms with Crippen LogP contribution in [-0.2, 0) is 13.3 Å². The molecule has 0 bridgehead atoms. The van der Waals surface area contributed by atoms with Crippen molar-refractivity contribution >= 4 is 8.80 Å². The Morgan fingerprint density at radius 3 is 1.56 bits per heavy atom. The van der Waals surface area contributed by atoms with E-state index in [1.165, 1.54) is 0 Å². The first-order valence-corrected chi connectivity index (χ1v) is 7.79. The van der Waals surface area contributed by atoms with Gasteiger partial charge in [0.1, 0.15) is 0 Å². The predicted octanol–water partition coefficient (Wildman–Crippen LogP) is 3.33. The summed E-state index contributed by atoms with van der Waals surface area (Å²) < 4.78 is 17.3. The summed E-state index contributed by atoms with van der Waals surface area (Å²) in [6.45, 7) is 13.7. The molecule has 0 unspecified atom stereocenters. The lowest BCUT2D eigenvalue weighted by atomic mass is 9.86. The average molecular weight is 248 g/mol. The molecule has 0 radical (unpaired) electrons. The molecule has 0 amide bonds. The van der Waals surface area contributed by atoms with Crippen LogP contribution in [0.2, 0.25) is 5.04 Å². The normalized spacial score (nSPS) is 13.9. The van der Waals surface area contributed by atoms with Gasteiger partial charge in [-0.15, -0.1) is 0 Å². The van der Waals surface area contributed by atoms with E-state index in [1.807, 2.05) is 6.92 Å². The lowest BCUT2D eigenvalue weighted by molar-refractivity contribution is 0.0502. The van der Waals surface area contributed by atoms with Crippen LogP contribution in [0.25, 0.3) is 0 Å². The van der Waals surface area contributed by atoms with Gasteiger partial charge in [0.25, 0.3) is 0 Å². The van der Waals surface area contributed by atoms with Crippen molar-refractivity contribution in [3.8, 4) is 0 Å². The Hall–Kier alpha value is 0.0969. The first-order chi connectivity index (χ1) is 7.32. The molecule has 0 spiro atoms. The van der Waals surface area contributed by atoms with E-state index in [0.717, 1.165) is 0 Å². The average Bonchev–Trinajstić information content (AvgIpc) is 2.24. The number of rotatable bonds is 7. The molecule has 0 aliphatic carbocycles. The molecule has 16 heavy (non-hydrogen) atoms. The van der Waals surface area contributed by atoms with Crippen molar-refractivity contribution < 1.29 is 13.3 Å². The summed E-state index contributed by atoms with van der Waals surface area (Å²) in [6.07, 6.45) is 0. The topological polar surface area (TPSA) is 27.7 Å². The lowest BCUT2D eigenvalue weighted by Crippen LogP contribution is -2.58. The summed E-state index contributed by atoms with van der Waals surface area (Å²) in [7, 11) is 0.782. The zero-order valence-corrected chi connectivity index (χ0v) is 13.1. The largest absolute Gasteiger partial charge is 0.507 e. The van der Waals surface area contributed by atoms with Gasteiger partial charge in [-0.05, 0) is 18.8 Å². The zero-order valence-electron chi connectivity index (χ0n) is 12.1. The molecule has 3 nitrogen and oxygen atoms in total. The van der Waals surface area contributed by atoms with Crippen molar-refractivity contribution in [3.05, 3.63) is 0 Å². The maximum atomic E-state index is 5.91. The predicted molar refractivity (Wildman–Crippen MR) is 69.4 cm³/mol. The molecule has 0 saturated carbocycles. The molecular weight excluding hydrogens is 220 g/mol. The molecule has 0 aliphatic rings. The third-order valence-corrected chi connectivity index (χ3v) is 8.15. The fraction of sp³-hybridized carbons (Fsp3) is 1.00. The third-order valence-electron chi connectivity index (χ3n) is 3.93. The minimum Gasteiger partial charge on any atom is -0.376 e. The van der Waals surface area contributed by atoms with Crippen molar-refractivity contribution in [1.29, 1.82) is 0 Å². The van der Waals surface area contributed by atoms with Crippen LogP contribution in [0, 0.1) is 11.8 Å². The standard InChI is InChI=1S/C12H28O3Si/c1-9-15-16(13-7,14-8)12(6,10(2)3)11(4)5/h10-11H,9H2,1-8H3. The highest BCUT2D eigenvalue weighted by molar-refractivity contribution is 6.64. The van der Waals surface area contributed by atoms with Crippen molar-refractivity contribution in [2.75, 3.05) is 20.8 Å². The molecule has 0 aliphatic heterocycles. The quantitative estimate of drug-likeness (QED) is 0.647.